The Labute approximate surface area is 120 Å². The highest BCUT2D eigenvalue weighted by Gasteiger charge is 2.21. The molecule has 3 rings (SSSR count). The van der Waals surface area contributed by atoms with Crippen LogP contribution >= 0.6 is 11.8 Å². The highest BCUT2D eigenvalue weighted by molar-refractivity contribution is 7.99. The van der Waals surface area contributed by atoms with Gasteiger partial charge in [0.05, 0.1) is 17.3 Å². The summed E-state index contributed by atoms with van der Waals surface area (Å²) in [7, 11) is 1.80. The number of aromatic carboxylic acids is 1. The molecule has 0 bridgehead atoms. The number of thioether (sulfide) groups is 1. The highest BCUT2D eigenvalue weighted by Crippen LogP contribution is 2.29. The number of anilines is 1. The molecular formula is C13H16N4O2S. The Morgan fingerprint density at radius 3 is 2.90 bits per heavy atom. The van der Waals surface area contributed by atoms with Gasteiger partial charge in [0.2, 0.25) is 0 Å². The third kappa shape index (κ3) is 2.33. The first-order valence-electron chi connectivity index (χ1n) is 6.55. The summed E-state index contributed by atoms with van der Waals surface area (Å²) in [4.78, 5) is 15.6. The fourth-order valence-corrected chi connectivity index (χ4v) is 3.57. The number of carbonyl (C=O) groups is 1. The topological polar surface area (TPSA) is 80.0 Å². The van der Waals surface area contributed by atoms with Crippen molar-refractivity contribution in [2.45, 2.75) is 18.9 Å². The first-order valence-corrected chi connectivity index (χ1v) is 7.70. The summed E-state index contributed by atoms with van der Waals surface area (Å²) >= 11 is 1.94. The van der Waals surface area contributed by atoms with E-state index in [0.717, 1.165) is 29.7 Å². The molecule has 1 aliphatic rings. The van der Waals surface area contributed by atoms with Gasteiger partial charge in [-0.2, -0.15) is 16.9 Å². The summed E-state index contributed by atoms with van der Waals surface area (Å²) in [5.41, 5.74) is 1.55. The number of fused-ring (bicyclic) bond motifs is 1. The van der Waals surface area contributed by atoms with E-state index in [1.165, 1.54) is 6.20 Å². The average molecular weight is 292 g/mol. The molecule has 20 heavy (non-hydrogen) atoms. The fraction of sp³-hybridized carbons (Fsp3) is 0.462. The molecule has 106 valence electrons. The Hall–Kier alpha value is -1.76. The molecule has 0 radical (unpaired) electrons. The average Bonchev–Trinajstić information content (AvgIpc) is 2.82. The summed E-state index contributed by atoms with van der Waals surface area (Å²) in [6, 6.07) is 0.320. The number of carboxylic acids is 1. The van der Waals surface area contributed by atoms with Crippen molar-refractivity contribution in [3.8, 4) is 0 Å². The Balaban J connectivity index is 2.04. The summed E-state index contributed by atoms with van der Waals surface area (Å²) < 4.78 is 1.66. The number of pyridine rings is 1. The van der Waals surface area contributed by atoms with Crippen LogP contribution in [0.3, 0.4) is 0 Å². The number of nitrogens with zero attached hydrogens (tertiary/aromatic N) is 3. The number of aryl methyl sites for hydroxylation is 1. The normalized spacial score (nSPS) is 16.4. The third-order valence-corrected chi connectivity index (χ3v) is 4.61. The lowest BCUT2D eigenvalue weighted by atomic mass is 10.1. The van der Waals surface area contributed by atoms with E-state index in [1.54, 1.807) is 17.9 Å². The summed E-state index contributed by atoms with van der Waals surface area (Å²) in [6.07, 6.45) is 5.18. The molecule has 0 atom stereocenters. The summed E-state index contributed by atoms with van der Waals surface area (Å²) in [5, 5.41) is 17.7. The molecule has 0 saturated carbocycles. The fourth-order valence-electron chi connectivity index (χ4n) is 2.46. The Kier molecular flexibility index (Phi) is 3.52. The maximum absolute atomic E-state index is 11.4. The van der Waals surface area contributed by atoms with Gasteiger partial charge in [-0.05, 0) is 24.3 Å². The summed E-state index contributed by atoms with van der Waals surface area (Å²) in [5.74, 6) is 1.26. The minimum Gasteiger partial charge on any atom is -0.478 e. The predicted octanol–water partition coefficient (Wildman–Crippen LogP) is 1.97. The molecule has 0 unspecified atom stereocenters. The number of nitrogens with one attached hydrogen (secondary N) is 1. The molecule has 0 amide bonds. The van der Waals surface area contributed by atoms with Crippen LogP contribution in [0.1, 0.15) is 23.2 Å². The molecule has 1 aliphatic heterocycles. The zero-order valence-electron chi connectivity index (χ0n) is 11.2. The first-order chi connectivity index (χ1) is 9.66. The second kappa shape index (κ2) is 5.32. The quantitative estimate of drug-likeness (QED) is 0.900. The van der Waals surface area contributed by atoms with Crippen LogP contribution < -0.4 is 5.32 Å². The first kappa shape index (κ1) is 13.2. The SMILES string of the molecule is Cn1ncc2c(NC3CCSCC3)c(C(=O)O)cnc21. The van der Waals surface area contributed by atoms with E-state index < -0.39 is 5.97 Å². The van der Waals surface area contributed by atoms with Gasteiger partial charge < -0.3 is 10.4 Å². The molecule has 2 aromatic rings. The molecule has 6 nitrogen and oxygen atoms in total. The smallest absolute Gasteiger partial charge is 0.339 e. The molecule has 2 aromatic heterocycles. The molecule has 1 saturated heterocycles. The minimum absolute atomic E-state index is 0.212. The van der Waals surface area contributed by atoms with Crippen molar-refractivity contribution < 1.29 is 9.90 Å². The largest absolute Gasteiger partial charge is 0.478 e. The standard InChI is InChI=1S/C13H16N4O2S/c1-17-12-9(7-15-17)11(10(6-14-12)13(18)19)16-8-2-4-20-5-3-8/h6-8H,2-5H2,1H3,(H,14,16)(H,18,19). The second-order valence-corrected chi connectivity index (χ2v) is 6.11. The number of carboxylic acid groups (broad SMARTS) is 1. The summed E-state index contributed by atoms with van der Waals surface area (Å²) in [6.45, 7) is 0. The van der Waals surface area contributed by atoms with Crippen LogP contribution in [-0.4, -0.2) is 43.4 Å². The van der Waals surface area contributed by atoms with Crippen LogP contribution in [0.2, 0.25) is 0 Å². The van der Waals surface area contributed by atoms with E-state index in [1.807, 2.05) is 11.8 Å². The van der Waals surface area contributed by atoms with Gasteiger partial charge in [-0.1, -0.05) is 0 Å². The van der Waals surface area contributed by atoms with Crippen molar-refractivity contribution >= 4 is 34.5 Å². The van der Waals surface area contributed by atoms with Crippen molar-refractivity contribution in [3.05, 3.63) is 18.0 Å². The van der Waals surface area contributed by atoms with Crippen molar-refractivity contribution in [3.63, 3.8) is 0 Å². The molecule has 0 aliphatic carbocycles. The lowest BCUT2D eigenvalue weighted by molar-refractivity contribution is 0.0697. The molecule has 7 heteroatoms. The molecule has 3 heterocycles. The lowest BCUT2D eigenvalue weighted by Gasteiger charge is -2.24. The number of hydrogen-bond acceptors (Lipinski definition) is 5. The van der Waals surface area contributed by atoms with Gasteiger partial charge in [0.25, 0.3) is 0 Å². The molecule has 2 N–H and O–H groups in total. The van der Waals surface area contributed by atoms with Gasteiger partial charge >= 0.3 is 5.97 Å². The molecule has 0 aromatic carbocycles. The molecular weight excluding hydrogens is 276 g/mol. The zero-order chi connectivity index (χ0) is 14.1. The van der Waals surface area contributed by atoms with Crippen LogP contribution in [0.5, 0.6) is 0 Å². The number of aromatic nitrogens is 3. The van der Waals surface area contributed by atoms with Gasteiger partial charge in [-0.15, -0.1) is 0 Å². The monoisotopic (exact) mass is 292 g/mol. The van der Waals surface area contributed by atoms with E-state index in [-0.39, 0.29) is 5.56 Å². The lowest BCUT2D eigenvalue weighted by Crippen LogP contribution is -2.25. The Morgan fingerprint density at radius 1 is 1.45 bits per heavy atom. The van der Waals surface area contributed by atoms with E-state index in [2.05, 4.69) is 15.4 Å². The van der Waals surface area contributed by atoms with Crippen LogP contribution in [-0.2, 0) is 7.05 Å². The van der Waals surface area contributed by atoms with E-state index in [4.69, 9.17) is 0 Å². The van der Waals surface area contributed by atoms with Gasteiger partial charge in [-0.25, -0.2) is 9.78 Å². The van der Waals surface area contributed by atoms with E-state index in [0.29, 0.717) is 17.4 Å². The van der Waals surface area contributed by atoms with Gasteiger partial charge in [-0.3, -0.25) is 4.68 Å². The molecule has 0 spiro atoms. The van der Waals surface area contributed by atoms with Crippen molar-refractivity contribution in [1.82, 2.24) is 14.8 Å². The van der Waals surface area contributed by atoms with Gasteiger partial charge in [0.1, 0.15) is 5.56 Å². The predicted molar refractivity (Wildman–Crippen MR) is 79.4 cm³/mol. The number of hydrogen-bond donors (Lipinski definition) is 2. The highest BCUT2D eigenvalue weighted by atomic mass is 32.2. The van der Waals surface area contributed by atoms with Crippen molar-refractivity contribution in [1.29, 1.82) is 0 Å². The maximum atomic E-state index is 11.4. The maximum Gasteiger partial charge on any atom is 0.339 e. The number of rotatable bonds is 3. The Morgan fingerprint density at radius 2 is 2.20 bits per heavy atom. The van der Waals surface area contributed by atoms with Crippen LogP contribution in [0.25, 0.3) is 11.0 Å². The second-order valence-electron chi connectivity index (χ2n) is 4.89. The van der Waals surface area contributed by atoms with Crippen LogP contribution in [0.4, 0.5) is 5.69 Å². The third-order valence-electron chi connectivity index (χ3n) is 3.56. The van der Waals surface area contributed by atoms with Crippen molar-refractivity contribution in [2.24, 2.45) is 7.05 Å². The van der Waals surface area contributed by atoms with Crippen LogP contribution in [0.15, 0.2) is 12.4 Å². The van der Waals surface area contributed by atoms with E-state index in [9.17, 15) is 9.90 Å². The van der Waals surface area contributed by atoms with E-state index >= 15 is 0 Å². The van der Waals surface area contributed by atoms with Crippen molar-refractivity contribution in [2.75, 3.05) is 16.8 Å². The zero-order valence-corrected chi connectivity index (χ0v) is 12.0. The molecule has 1 fully saturated rings. The Bertz CT molecular complexity index is 649. The van der Waals surface area contributed by atoms with Gasteiger partial charge in [0.15, 0.2) is 5.65 Å². The van der Waals surface area contributed by atoms with Crippen LogP contribution in [0, 0.1) is 0 Å². The minimum atomic E-state index is -0.962. The van der Waals surface area contributed by atoms with Gasteiger partial charge in [0, 0.05) is 19.3 Å².